The first-order valence-corrected chi connectivity index (χ1v) is 4.31. The molecule has 2 atom stereocenters. The monoisotopic (exact) mass is 152 g/mol. The third kappa shape index (κ3) is 2.11. The van der Waals surface area contributed by atoms with Gasteiger partial charge in [-0.2, -0.15) is 0 Å². The summed E-state index contributed by atoms with van der Waals surface area (Å²) in [5, 5.41) is 9.06. The topological polar surface area (TPSA) is 20.2 Å². The van der Waals surface area contributed by atoms with E-state index >= 15 is 0 Å². The SMILES string of the molecule is CCC(C)C1C=CC(O)=CC1. The first-order chi connectivity index (χ1) is 5.24. The summed E-state index contributed by atoms with van der Waals surface area (Å²) in [6, 6.07) is 0. The van der Waals surface area contributed by atoms with Crippen molar-refractivity contribution in [1.29, 1.82) is 0 Å². The number of hydrogen-bond acceptors (Lipinski definition) is 1. The van der Waals surface area contributed by atoms with E-state index in [2.05, 4.69) is 19.9 Å². The summed E-state index contributed by atoms with van der Waals surface area (Å²) in [5.74, 6) is 1.79. The molecule has 0 aromatic carbocycles. The minimum atomic E-state index is 0.421. The Morgan fingerprint density at radius 3 is 2.91 bits per heavy atom. The van der Waals surface area contributed by atoms with Gasteiger partial charge in [0.25, 0.3) is 0 Å². The molecule has 0 heterocycles. The van der Waals surface area contributed by atoms with Crippen LogP contribution in [-0.2, 0) is 0 Å². The lowest BCUT2D eigenvalue weighted by atomic mass is 9.86. The average molecular weight is 152 g/mol. The zero-order chi connectivity index (χ0) is 8.27. The predicted octanol–water partition coefficient (Wildman–Crippen LogP) is 3.05. The molecule has 62 valence electrons. The summed E-state index contributed by atoms with van der Waals surface area (Å²) in [5.41, 5.74) is 0. The summed E-state index contributed by atoms with van der Waals surface area (Å²) in [4.78, 5) is 0. The molecule has 0 aliphatic heterocycles. The minimum Gasteiger partial charge on any atom is -0.508 e. The number of hydrogen-bond donors (Lipinski definition) is 1. The highest BCUT2D eigenvalue weighted by Gasteiger charge is 2.13. The van der Waals surface area contributed by atoms with Crippen LogP contribution in [0.5, 0.6) is 0 Å². The highest BCUT2D eigenvalue weighted by atomic mass is 16.3. The maximum atomic E-state index is 9.06. The number of aliphatic hydroxyl groups excluding tert-OH is 1. The Bertz CT molecular complexity index is 179. The van der Waals surface area contributed by atoms with Crippen molar-refractivity contribution in [2.75, 3.05) is 0 Å². The van der Waals surface area contributed by atoms with Crippen LogP contribution in [0.25, 0.3) is 0 Å². The van der Waals surface area contributed by atoms with Crippen molar-refractivity contribution in [3.8, 4) is 0 Å². The van der Waals surface area contributed by atoms with E-state index in [1.807, 2.05) is 6.08 Å². The van der Waals surface area contributed by atoms with Crippen LogP contribution >= 0.6 is 0 Å². The zero-order valence-corrected chi connectivity index (χ0v) is 7.25. The lowest BCUT2D eigenvalue weighted by molar-refractivity contribution is 0.385. The minimum absolute atomic E-state index is 0.421. The van der Waals surface area contributed by atoms with Crippen LogP contribution in [0.4, 0.5) is 0 Å². The maximum absolute atomic E-state index is 9.06. The van der Waals surface area contributed by atoms with E-state index in [9.17, 15) is 0 Å². The maximum Gasteiger partial charge on any atom is 0.111 e. The van der Waals surface area contributed by atoms with Gasteiger partial charge in [-0.05, 0) is 30.4 Å². The molecular formula is C10H16O. The highest BCUT2D eigenvalue weighted by Crippen LogP contribution is 2.24. The Hall–Kier alpha value is -0.720. The first-order valence-electron chi connectivity index (χ1n) is 4.31. The molecule has 0 saturated carbocycles. The van der Waals surface area contributed by atoms with Crippen molar-refractivity contribution >= 4 is 0 Å². The van der Waals surface area contributed by atoms with Crippen molar-refractivity contribution < 1.29 is 5.11 Å². The second kappa shape index (κ2) is 3.61. The van der Waals surface area contributed by atoms with Gasteiger partial charge in [0.1, 0.15) is 5.76 Å². The van der Waals surface area contributed by atoms with Gasteiger partial charge in [0.05, 0.1) is 0 Å². The molecule has 0 spiro atoms. The van der Waals surface area contributed by atoms with E-state index in [0.717, 1.165) is 12.3 Å². The second-order valence-corrected chi connectivity index (χ2v) is 3.27. The third-order valence-corrected chi connectivity index (χ3v) is 2.49. The van der Waals surface area contributed by atoms with Crippen LogP contribution in [0.15, 0.2) is 24.0 Å². The van der Waals surface area contributed by atoms with Gasteiger partial charge in [-0.25, -0.2) is 0 Å². The fourth-order valence-corrected chi connectivity index (χ4v) is 1.35. The summed E-state index contributed by atoms with van der Waals surface area (Å²) in [6.07, 6.45) is 8.03. The molecule has 0 radical (unpaired) electrons. The number of aliphatic hydroxyl groups is 1. The van der Waals surface area contributed by atoms with Crippen molar-refractivity contribution in [1.82, 2.24) is 0 Å². The van der Waals surface area contributed by atoms with Gasteiger partial charge in [0, 0.05) is 0 Å². The van der Waals surface area contributed by atoms with Gasteiger partial charge in [-0.1, -0.05) is 26.3 Å². The van der Waals surface area contributed by atoms with E-state index in [0.29, 0.717) is 11.7 Å². The molecule has 1 rings (SSSR count). The van der Waals surface area contributed by atoms with Gasteiger partial charge in [-0.3, -0.25) is 0 Å². The molecule has 11 heavy (non-hydrogen) atoms. The highest BCUT2D eigenvalue weighted by molar-refractivity contribution is 5.17. The van der Waals surface area contributed by atoms with Crippen molar-refractivity contribution in [3.63, 3.8) is 0 Å². The molecule has 1 heteroatoms. The molecule has 0 saturated heterocycles. The molecule has 0 bridgehead atoms. The Labute approximate surface area is 68.4 Å². The van der Waals surface area contributed by atoms with Crippen molar-refractivity contribution in [3.05, 3.63) is 24.0 Å². The van der Waals surface area contributed by atoms with E-state index in [1.54, 1.807) is 6.08 Å². The fourth-order valence-electron chi connectivity index (χ4n) is 1.35. The molecule has 0 amide bonds. The summed E-state index contributed by atoms with van der Waals surface area (Å²) >= 11 is 0. The Kier molecular flexibility index (Phi) is 2.75. The van der Waals surface area contributed by atoms with E-state index in [4.69, 9.17) is 5.11 Å². The number of allylic oxidation sites excluding steroid dienone is 3. The third-order valence-electron chi connectivity index (χ3n) is 2.49. The molecule has 1 nitrogen and oxygen atoms in total. The molecule has 1 aliphatic rings. The first kappa shape index (κ1) is 8.38. The summed E-state index contributed by atoms with van der Waals surface area (Å²) < 4.78 is 0. The molecule has 0 aromatic rings. The smallest absolute Gasteiger partial charge is 0.111 e. The molecular weight excluding hydrogens is 136 g/mol. The van der Waals surface area contributed by atoms with E-state index in [-0.39, 0.29) is 0 Å². The molecule has 1 aliphatic carbocycles. The van der Waals surface area contributed by atoms with Crippen LogP contribution in [0.2, 0.25) is 0 Å². The van der Waals surface area contributed by atoms with Gasteiger partial charge in [-0.15, -0.1) is 0 Å². The van der Waals surface area contributed by atoms with Crippen LogP contribution in [0.1, 0.15) is 26.7 Å². The van der Waals surface area contributed by atoms with Crippen LogP contribution < -0.4 is 0 Å². The lowest BCUT2D eigenvalue weighted by Gasteiger charge is -2.19. The molecule has 1 N–H and O–H groups in total. The van der Waals surface area contributed by atoms with Crippen molar-refractivity contribution in [2.24, 2.45) is 11.8 Å². The van der Waals surface area contributed by atoms with Gasteiger partial charge in [0.15, 0.2) is 0 Å². The largest absolute Gasteiger partial charge is 0.508 e. The molecule has 0 fully saturated rings. The summed E-state index contributed by atoms with van der Waals surface area (Å²) in [6.45, 7) is 4.46. The predicted molar refractivity (Wildman–Crippen MR) is 47.4 cm³/mol. The van der Waals surface area contributed by atoms with Gasteiger partial charge in [0.2, 0.25) is 0 Å². The quantitative estimate of drug-likeness (QED) is 0.644. The molecule has 0 aromatic heterocycles. The summed E-state index contributed by atoms with van der Waals surface area (Å²) in [7, 11) is 0. The standard InChI is InChI=1S/C10H16O/c1-3-8(2)9-4-6-10(11)7-5-9/h4,6-9,11H,3,5H2,1-2H3. The van der Waals surface area contributed by atoms with Gasteiger partial charge >= 0.3 is 0 Å². The molecule has 2 unspecified atom stereocenters. The van der Waals surface area contributed by atoms with Crippen LogP contribution in [-0.4, -0.2) is 5.11 Å². The zero-order valence-electron chi connectivity index (χ0n) is 7.25. The Balaban J connectivity index is 2.48. The average Bonchev–Trinajstić information content (AvgIpc) is 2.05. The lowest BCUT2D eigenvalue weighted by Crippen LogP contribution is -2.09. The Morgan fingerprint density at radius 1 is 1.73 bits per heavy atom. The van der Waals surface area contributed by atoms with Gasteiger partial charge < -0.3 is 5.11 Å². The fraction of sp³-hybridized carbons (Fsp3) is 0.600. The normalized spacial score (nSPS) is 26.4. The van der Waals surface area contributed by atoms with Crippen LogP contribution in [0.3, 0.4) is 0 Å². The second-order valence-electron chi connectivity index (χ2n) is 3.27. The number of rotatable bonds is 2. The van der Waals surface area contributed by atoms with E-state index in [1.165, 1.54) is 6.42 Å². The van der Waals surface area contributed by atoms with E-state index < -0.39 is 0 Å². The van der Waals surface area contributed by atoms with Crippen molar-refractivity contribution in [2.45, 2.75) is 26.7 Å². The van der Waals surface area contributed by atoms with Crippen LogP contribution in [0, 0.1) is 11.8 Å². The Morgan fingerprint density at radius 2 is 2.45 bits per heavy atom.